The molecule has 19 heavy (non-hydrogen) atoms. The molecule has 106 valence electrons. The second kappa shape index (κ2) is 6.58. The molecule has 1 aromatic heterocycles. The van der Waals surface area contributed by atoms with E-state index in [1.807, 2.05) is 6.92 Å². The Morgan fingerprint density at radius 3 is 2.68 bits per heavy atom. The maximum absolute atomic E-state index is 5.93. The van der Waals surface area contributed by atoms with Gasteiger partial charge in [-0.05, 0) is 63.5 Å². The van der Waals surface area contributed by atoms with Gasteiger partial charge in [0.1, 0.15) is 5.82 Å². The Hall–Kier alpha value is -0.800. The van der Waals surface area contributed by atoms with Crippen LogP contribution in [0.5, 0.6) is 0 Å². The average Bonchev–Trinajstić information content (AvgIpc) is 2.40. The van der Waals surface area contributed by atoms with Crippen molar-refractivity contribution in [3.63, 3.8) is 0 Å². The van der Waals surface area contributed by atoms with Gasteiger partial charge in [-0.15, -0.1) is 11.6 Å². The van der Waals surface area contributed by atoms with Crippen LogP contribution < -0.4 is 4.90 Å². The summed E-state index contributed by atoms with van der Waals surface area (Å²) in [6.07, 6.45) is 2.57. The number of aromatic nitrogens is 1. The van der Waals surface area contributed by atoms with Gasteiger partial charge < -0.3 is 9.80 Å². The standard InChI is InChI=1S/C15H24ClN3/c1-12-8-14(10-16)9-15(17-12)19(3)11-13-4-6-18(2)7-5-13/h8-9,13H,4-7,10-11H2,1-3H3. The first-order valence-electron chi connectivity index (χ1n) is 7.01. The van der Waals surface area contributed by atoms with Gasteiger partial charge in [0.15, 0.2) is 0 Å². The lowest BCUT2D eigenvalue weighted by Gasteiger charge is -2.32. The van der Waals surface area contributed by atoms with Gasteiger partial charge in [0, 0.05) is 25.2 Å². The number of nitrogens with zero attached hydrogens (tertiary/aromatic N) is 3. The van der Waals surface area contributed by atoms with Crippen molar-refractivity contribution >= 4 is 17.4 Å². The third-order valence-corrected chi connectivity index (χ3v) is 4.22. The van der Waals surface area contributed by atoms with E-state index in [0.717, 1.165) is 29.5 Å². The lowest BCUT2D eigenvalue weighted by molar-refractivity contribution is 0.222. The average molecular weight is 282 g/mol. The monoisotopic (exact) mass is 281 g/mol. The van der Waals surface area contributed by atoms with Crippen LogP contribution in [0, 0.1) is 12.8 Å². The Kier molecular flexibility index (Phi) is 5.06. The predicted octanol–water partition coefficient (Wildman–Crippen LogP) is 2.91. The number of hydrogen-bond donors (Lipinski definition) is 0. The van der Waals surface area contributed by atoms with Crippen molar-refractivity contribution in [2.45, 2.75) is 25.6 Å². The Morgan fingerprint density at radius 1 is 1.37 bits per heavy atom. The molecular formula is C15H24ClN3. The molecule has 0 radical (unpaired) electrons. The summed E-state index contributed by atoms with van der Waals surface area (Å²) in [7, 11) is 4.34. The van der Waals surface area contributed by atoms with Crippen LogP contribution in [0.4, 0.5) is 5.82 Å². The molecule has 1 saturated heterocycles. The predicted molar refractivity (Wildman–Crippen MR) is 82.0 cm³/mol. The third-order valence-electron chi connectivity index (χ3n) is 3.92. The molecule has 1 fully saturated rings. The summed E-state index contributed by atoms with van der Waals surface area (Å²) in [5.41, 5.74) is 2.20. The highest BCUT2D eigenvalue weighted by atomic mass is 35.5. The van der Waals surface area contributed by atoms with Gasteiger partial charge in [0.2, 0.25) is 0 Å². The molecule has 1 aromatic rings. The first kappa shape index (κ1) is 14.6. The number of anilines is 1. The molecule has 1 aliphatic rings. The summed E-state index contributed by atoms with van der Waals surface area (Å²) in [5.74, 6) is 2.39. The number of alkyl halides is 1. The van der Waals surface area contributed by atoms with E-state index in [0.29, 0.717) is 5.88 Å². The second-order valence-corrected chi connectivity index (χ2v) is 6.00. The van der Waals surface area contributed by atoms with Crippen molar-refractivity contribution in [1.82, 2.24) is 9.88 Å². The highest BCUT2D eigenvalue weighted by molar-refractivity contribution is 6.17. The summed E-state index contributed by atoms with van der Waals surface area (Å²) in [6.45, 7) is 5.55. The van der Waals surface area contributed by atoms with E-state index in [2.05, 4.69) is 41.0 Å². The van der Waals surface area contributed by atoms with Crippen molar-refractivity contribution in [2.24, 2.45) is 5.92 Å². The molecule has 2 heterocycles. The van der Waals surface area contributed by atoms with Gasteiger partial charge in [-0.25, -0.2) is 4.98 Å². The molecule has 1 aliphatic heterocycles. The quantitative estimate of drug-likeness (QED) is 0.791. The minimum Gasteiger partial charge on any atom is -0.359 e. The number of aryl methyl sites for hydroxylation is 1. The number of hydrogen-bond acceptors (Lipinski definition) is 3. The first-order chi connectivity index (χ1) is 9.08. The summed E-state index contributed by atoms with van der Waals surface area (Å²) in [4.78, 5) is 9.31. The van der Waals surface area contributed by atoms with Gasteiger partial charge in [0.05, 0.1) is 0 Å². The molecule has 0 bridgehead atoms. The van der Waals surface area contributed by atoms with Gasteiger partial charge in [-0.2, -0.15) is 0 Å². The van der Waals surface area contributed by atoms with E-state index in [4.69, 9.17) is 11.6 Å². The number of rotatable bonds is 4. The van der Waals surface area contributed by atoms with Crippen LogP contribution >= 0.6 is 11.6 Å². The molecule has 4 heteroatoms. The van der Waals surface area contributed by atoms with Crippen LogP contribution in [0.1, 0.15) is 24.1 Å². The molecular weight excluding hydrogens is 258 g/mol. The largest absolute Gasteiger partial charge is 0.359 e. The second-order valence-electron chi connectivity index (χ2n) is 5.74. The van der Waals surface area contributed by atoms with E-state index in [1.54, 1.807) is 0 Å². The van der Waals surface area contributed by atoms with Crippen molar-refractivity contribution in [3.05, 3.63) is 23.4 Å². The molecule has 0 N–H and O–H groups in total. The van der Waals surface area contributed by atoms with Gasteiger partial charge in [-0.1, -0.05) is 0 Å². The zero-order valence-corrected chi connectivity index (χ0v) is 13.0. The first-order valence-corrected chi connectivity index (χ1v) is 7.55. The SMILES string of the molecule is Cc1cc(CCl)cc(N(C)CC2CCN(C)CC2)n1. The molecule has 2 rings (SSSR count). The fourth-order valence-electron chi connectivity index (χ4n) is 2.72. The van der Waals surface area contributed by atoms with Crippen molar-refractivity contribution in [1.29, 1.82) is 0 Å². The highest BCUT2D eigenvalue weighted by Gasteiger charge is 2.18. The normalized spacial score (nSPS) is 17.7. The number of likely N-dealkylation sites (tertiary alicyclic amines) is 1. The van der Waals surface area contributed by atoms with Gasteiger partial charge >= 0.3 is 0 Å². The zero-order valence-electron chi connectivity index (χ0n) is 12.2. The summed E-state index contributed by atoms with van der Waals surface area (Å²) in [6, 6.07) is 4.16. The molecule has 0 spiro atoms. The molecule has 0 aromatic carbocycles. The molecule has 0 unspecified atom stereocenters. The third kappa shape index (κ3) is 4.08. The minimum absolute atomic E-state index is 0.554. The minimum atomic E-state index is 0.554. The van der Waals surface area contributed by atoms with E-state index >= 15 is 0 Å². The van der Waals surface area contributed by atoms with E-state index in [1.165, 1.54) is 25.9 Å². The number of halogens is 1. The molecule has 0 amide bonds. The lowest BCUT2D eigenvalue weighted by atomic mass is 9.97. The van der Waals surface area contributed by atoms with E-state index < -0.39 is 0 Å². The van der Waals surface area contributed by atoms with Gasteiger partial charge in [-0.3, -0.25) is 0 Å². The maximum atomic E-state index is 5.93. The molecule has 0 atom stereocenters. The Morgan fingerprint density at radius 2 is 2.05 bits per heavy atom. The number of pyridine rings is 1. The summed E-state index contributed by atoms with van der Waals surface area (Å²) in [5, 5.41) is 0. The molecule has 3 nitrogen and oxygen atoms in total. The molecule has 0 aliphatic carbocycles. The van der Waals surface area contributed by atoms with Crippen LogP contribution in [0.2, 0.25) is 0 Å². The Bertz CT molecular complexity index is 414. The highest BCUT2D eigenvalue weighted by Crippen LogP contribution is 2.21. The van der Waals surface area contributed by atoms with Gasteiger partial charge in [0.25, 0.3) is 0 Å². The van der Waals surface area contributed by atoms with E-state index in [-0.39, 0.29) is 0 Å². The number of piperidine rings is 1. The van der Waals surface area contributed by atoms with Crippen LogP contribution in [0.25, 0.3) is 0 Å². The lowest BCUT2D eigenvalue weighted by Crippen LogP contribution is -2.36. The van der Waals surface area contributed by atoms with Crippen molar-refractivity contribution in [2.75, 3.05) is 38.6 Å². The Balaban J connectivity index is 1.99. The maximum Gasteiger partial charge on any atom is 0.128 e. The summed E-state index contributed by atoms with van der Waals surface area (Å²) >= 11 is 5.93. The fourth-order valence-corrected chi connectivity index (χ4v) is 2.87. The van der Waals surface area contributed by atoms with Crippen molar-refractivity contribution in [3.8, 4) is 0 Å². The fraction of sp³-hybridized carbons (Fsp3) is 0.667. The van der Waals surface area contributed by atoms with Crippen LogP contribution in [-0.2, 0) is 5.88 Å². The zero-order chi connectivity index (χ0) is 13.8. The van der Waals surface area contributed by atoms with Crippen LogP contribution in [0.15, 0.2) is 12.1 Å². The summed E-state index contributed by atoms with van der Waals surface area (Å²) < 4.78 is 0. The topological polar surface area (TPSA) is 19.4 Å². The Labute approximate surface area is 121 Å². The van der Waals surface area contributed by atoms with Crippen LogP contribution in [0.3, 0.4) is 0 Å². The van der Waals surface area contributed by atoms with Crippen molar-refractivity contribution < 1.29 is 0 Å². The van der Waals surface area contributed by atoms with E-state index in [9.17, 15) is 0 Å². The molecule has 0 saturated carbocycles. The smallest absolute Gasteiger partial charge is 0.128 e. The van der Waals surface area contributed by atoms with Crippen LogP contribution in [-0.4, -0.2) is 43.6 Å².